The number of carbonyl (C=O) groups is 1. The highest BCUT2D eigenvalue weighted by Crippen LogP contribution is 2.29. The number of anilines is 1. The lowest BCUT2D eigenvalue weighted by molar-refractivity contribution is -0.113. The smallest absolute Gasteiger partial charge is 0.234 e. The normalized spacial score (nSPS) is 10.6. The molecule has 1 aromatic carbocycles. The van der Waals surface area contributed by atoms with Crippen LogP contribution in [-0.2, 0) is 4.79 Å². The average molecular weight is 386 g/mol. The molecule has 1 amide bonds. The van der Waals surface area contributed by atoms with Crippen molar-refractivity contribution in [3.8, 4) is 0 Å². The fourth-order valence-electron chi connectivity index (χ4n) is 1.58. The van der Waals surface area contributed by atoms with E-state index in [2.05, 4.69) is 22.1 Å². The van der Waals surface area contributed by atoms with Gasteiger partial charge in [0.25, 0.3) is 0 Å². The second-order valence-corrected chi connectivity index (χ2v) is 8.73. The van der Waals surface area contributed by atoms with Gasteiger partial charge < -0.3 is 5.32 Å². The number of amides is 1. The first-order valence-electron chi connectivity index (χ1n) is 6.73. The molecule has 0 atom stereocenters. The van der Waals surface area contributed by atoms with E-state index in [1.54, 1.807) is 23.9 Å². The Morgan fingerprint density at radius 3 is 2.57 bits per heavy atom. The molecule has 0 unspecified atom stereocenters. The van der Waals surface area contributed by atoms with Crippen LogP contribution < -0.4 is 5.32 Å². The number of thioether (sulfide) groups is 2. The van der Waals surface area contributed by atoms with Gasteiger partial charge in [-0.15, -0.1) is 10.2 Å². The summed E-state index contributed by atoms with van der Waals surface area (Å²) in [6, 6.07) is 5.38. The van der Waals surface area contributed by atoms with E-state index in [-0.39, 0.29) is 5.91 Å². The Balaban J connectivity index is 1.83. The Kier molecular flexibility index (Phi) is 6.95. The van der Waals surface area contributed by atoms with Crippen LogP contribution in [0, 0.1) is 6.92 Å². The molecule has 8 heteroatoms. The van der Waals surface area contributed by atoms with Crippen molar-refractivity contribution in [1.82, 2.24) is 10.2 Å². The lowest BCUT2D eigenvalue weighted by atomic mass is 10.2. The maximum absolute atomic E-state index is 12.0. The van der Waals surface area contributed by atoms with E-state index in [9.17, 15) is 4.79 Å². The monoisotopic (exact) mass is 385 g/mol. The minimum atomic E-state index is -0.0771. The highest BCUT2D eigenvalue weighted by atomic mass is 35.5. The third kappa shape index (κ3) is 6.18. The summed E-state index contributed by atoms with van der Waals surface area (Å²) >= 11 is 10.4. The predicted molar refractivity (Wildman–Crippen MR) is 101 cm³/mol. The molecule has 122 valence electrons. The van der Waals surface area contributed by atoms with Gasteiger partial charge in [-0.05, 0) is 37.6 Å². The number of aryl methyl sites for hydroxylation is 1. The molecule has 0 aliphatic heterocycles. The van der Waals surface area contributed by atoms with Crippen LogP contribution in [0.4, 0.5) is 5.69 Å². The van der Waals surface area contributed by atoms with Crippen molar-refractivity contribution in [2.75, 3.05) is 16.8 Å². The molecule has 0 bridgehead atoms. The van der Waals surface area contributed by atoms with Crippen molar-refractivity contribution >= 4 is 58.1 Å². The first kappa shape index (κ1) is 18.3. The molecule has 1 N–H and O–H groups in total. The first-order chi connectivity index (χ1) is 10.9. The average Bonchev–Trinajstić information content (AvgIpc) is 2.94. The minimum Gasteiger partial charge on any atom is -0.325 e. The van der Waals surface area contributed by atoms with Gasteiger partial charge in [-0.1, -0.05) is 58.6 Å². The van der Waals surface area contributed by atoms with Crippen molar-refractivity contribution in [1.29, 1.82) is 0 Å². The maximum atomic E-state index is 12.0. The molecule has 23 heavy (non-hydrogen) atoms. The summed E-state index contributed by atoms with van der Waals surface area (Å²) in [4.78, 5) is 12.0. The third-order valence-corrected chi connectivity index (χ3v) is 6.27. The maximum Gasteiger partial charge on any atom is 0.234 e. The molecule has 0 spiro atoms. The number of rotatable bonds is 7. The van der Waals surface area contributed by atoms with Gasteiger partial charge in [-0.3, -0.25) is 4.79 Å². The van der Waals surface area contributed by atoms with Gasteiger partial charge in [-0.2, -0.15) is 0 Å². The topological polar surface area (TPSA) is 54.9 Å². The van der Waals surface area contributed by atoms with Gasteiger partial charge in [0, 0.05) is 16.5 Å². The quantitative estimate of drug-likeness (QED) is 0.542. The second kappa shape index (κ2) is 8.73. The summed E-state index contributed by atoms with van der Waals surface area (Å²) in [5.41, 5.74) is 2.80. The third-order valence-electron chi connectivity index (χ3n) is 2.62. The number of aromatic nitrogens is 2. The van der Waals surface area contributed by atoms with Crippen LogP contribution in [0.25, 0.3) is 0 Å². The summed E-state index contributed by atoms with van der Waals surface area (Å²) < 4.78 is 1.68. The molecule has 0 fully saturated rings. The van der Waals surface area contributed by atoms with Gasteiger partial charge in [0.15, 0.2) is 8.68 Å². The van der Waals surface area contributed by atoms with Crippen LogP contribution in [0.15, 0.2) is 39.0 Å². The van der Waals surface area contributed by atoms with Crippen molar-refractivity contribution in [3.63, 3.8) is 0 Å². The van der Waals surface area contributed by atoms with Gasteiger partial charge in [0.05, 0.1) is 5.75 Å². The molecule has 0 radical (unpaired) electrons. The van der Waals surface area contributed by atoms with Gasteiger partial charge in [0.2, 0.25) is 5.91 Å². The SMILES string of the molecule is C=C(C)CSc1nnc(SCC(=O)Nc2ccc(Cl)cc2C)s1. The van der Waals surface area contributed by atoms with Gasteiger partial charge in [0.1, 0.15) is 0 Å². The Bertz CT molecular complexity index is 718. The van der Waals surface area contributed by atoms with Crippen LogP contribution in [0.5, 0.6) is 0 Å². The molecule has 2 rings (SSSR count). The number of hydrogen-bond donors (Lipinski definition) is 1. The van der Waals surface area contributed by atoms with E-state index in [0.717, 1.165) is 31.3 Å². The zero-order chi connectivity index (χ0) is 16.8. The number of halogens is 1. The van der Waals surface area contributed by atoms with E-state index in [1.165, 1.54) is 23.1 Å². The summed E-state index contributed by atoms with van der Waals surface area (Å²) in [6.45, 7) is 7.74. The van der Waals surface area contributed by atoms with Crippen molar-refractivity contribution < 1.29 is 4.79 Å². The molecule has 0 saturated heterocycles. The fourth-order valence-corrected chi connectivity index (χ4v) is 4.47. The van der Waals surface area contributed by atoms with E-state index in [4.69, 9.17) is 11.6 Å². The molecule has 0 aliphatic rings. The summed E-state index contributed by atoms with van der Waals surface area (Å²) in [6.07, 6.45) is 0. The van der Waals surface area contributed by atoms with E-state index >= 15 is 0 Å². The Morgan fingerprint density at radius 2 is 1.96 bits per heavy atom. The largest absolute Gasteiger partial charge is 0.325 e. The van der Waals surface area contributed by atoms with E-state index in [0.29, 0.717) is 10.8 Å². The van der Waals surface area contributed by atoms with Crippen molar-refractivity contribution in [3.05, 3.63) is 40.9 Å². The molecule has 0 aliphatic carbocycles. The molecular formula is C15H16ClN3OS3. The summed E-state index contributed by atoms with van der Waals surface area (Å²) in [5.74, 6) is 1.05. The number of carbonyl (C=O) groups excluding carboxylic acids is 1. The molecule has 2 aromatic rings. The zero-order valence-corrected chi connectivity index (χ0v) is 16.0. The van der Waals surface area contributed by atoms with Crippen LogP contribution in [0.2, 0.25) is 5.02 Å². The highest BCUT2D eigenvalue weighted by molar-refractivity contribution is 8.03. The van der Waals surface area contributed by atoms with Crippen LogP contribution in [0.3, 0.4) is 0 Å². The molecule has 0 saturated carbocycles. The van der Waals surface area contributed by atoms with Crippen molar-refractivity contribution in [2.24, 2.45) is 0 Å². The molecular weight excluding hydrogens is 370 g/mol. The number of benzene rings is 1. The van der Waals surface area contributed by atoms with Crippen LogP contribution >= 0.6 is 46.5 Å². The minimum absolute atomic E-state index is 0.0771. The Hall–Kier alpha value is -1.02. The van der Waals surface area contributed by atoms with Crippen molar-refractivity contribution in [2.45, 2.75) is 22.5 Å². The lowest BCUT2D eigenvalue weighted by Gasteiger charge is -2.07. The Morgan fingerprint density at radius 1 is 1.30 bits per heavy atom. The van der Waals surface area contributed by atoms with E-state index in [1.807, 2.05) is 19.9 Å². The number of nitrogens with one attached hydrogen (secondary N) is 1. The summed E-state index contributed by atoms with van der Waals surface area (Å²) in [5, 5.41) is 11.7. The number of hydrogen-bond acceptors (Lipinski definition) is 6. The predicted octanol–water partition coefficient (Wildman–Crippen LogP) is 4.90. The van der Waals surface area contributed by atoms with Gasteiger partial charge in [-0.25, -0.2) is 0 Å². The van der Waals surface area contributed by atoms with Crippen LogP contribution in [-0.4, -0.2) is 27.6 Å². The fraction of sp³-hybridized carbons (Fsp3) is 0.267. The standard InChI is InChI=1S/C15H16ClN3OS3/c1-9(2)7-21-14-18-19-15(23-14)22-8-13(20)17-12-5-4-11(16)6-10(12)3/h4-6H,1,7-8H2,2-3H3,(H,17,20). The lowest BCUT2D eigenvalue weighted by Crippen LogP contribution is -2.14. The summed E-state index contributed by atoms with van der Waals surface area (Å²) in [7, 11) is 0. The second-order valence-electron chi connectivity index (χ2n) is 4.88. The van der Waals surface area contributed by atoms with Crippen LogP contribution in [0.1, 0.15) is 12.5 Å². The number of nitrogens with zero attached hydrogens (tertiary/aromatic N) is 2. The molecule has 1 aromatic heterocycles. The van der Waals surface area contributed by atoms with Gasteiger partial charge >= 0.3 is 0 Å². The highest BCUT2D eigenvalue weighted by Gasteiger charge is 2.10. The molecule has 4 nitrogen and oxygen atoms in total. The molecule has 1 heterocycles. The van der Waals surface area contributed by atoms with E-state index < -0.39 is 0 Å². The zero-order valence-electron chi connectivity index (χ0n) is 12.8. The first-order valence-corrected chi connectivity index (χ1v) is 9.90. The Labute approximate surface area is 153 Å².